The SMILES string of the molecule is C.N=CN.O=P(O)(O)O.O=P(O)(O)O.O=P(O)(O)O. The molecule has 0 rings (SSSR count). The van der Waals surface area contributed by atoms with E-state index in [2.05, 4.69) is 5.73 Å². The van der Waals surface area contributed by atoms with E-state index in [1.54, 1.807) is 0 Å². The van der Waals surface area contributed by atoms with Gasteiger partial charge in [0.2, 0.25) is 0 Å². The van der Waals surface area contributed by atoms with Gasteiger partial charge in [-0.15, -0.1) is 0 Å². The summed E-state index contributed by atoms with van der Waals surface area (Å²) < 4.78 is 26.6. The molecule has 0 amide bonds. The van der Waals surface area contributed by atoms with E-state index in [-0.39, 0.29) is 7.43 Å². The smallest absolute Gasteiger partial charge is 0.390 e. The van der Waals surface area contributed by atoms with Crippen molar-refractivity contribution < 1.29 is 57.7 Å². The number of hydrogen-bond acceptors (Lipinski definition) is 4. The molecule has 0 aromatic carbocycles. The van der Waals surface area contributed by atoms with Crippen LogP contribution in [-0.4, -0.2) is 50.4 Å². The van der Waals surface area contributed by atoms with Crippen LogP contribution in [0.1, 0.15) is 7.43 Å². The average molecular weight is 354 g/mol. The van der Waals surface area contributed by atoms with Gasteiger partial charge < -0.3 is 49.8 Å². The minimum absolute atomic E-state index is 0. The average Bonchev–Trinajstić information content (AvgIpc) is 1.71. The first kappa shape index (κ1) is 31.3. The second-order valence-corrected chi connectivity index (χ2v) is 4.79. The Bertz CT molecular complexity index is 252. The standard InChI is InChI=1S/CH4N2.CH4.3H3O4P/c2-1-3;;3*1-5(2,3)4/h1H,(H3,2,3);1H4;3*(H3,1,2,3,4). The molecule has 0 saturated heterocycles. The summed E-state index contributed by atoms with van der Waals surface area (Å²) in [6.07, 6.45) is 0.750. The van der Waals surface area contributed by atoms with E-state index >= 15 is 0 Å². The van der Waals surface area contributed by atoms with Crippen LogP contribution in [0.5, 0.6) is 0 Å². The highest BCUT2D eigenvalue weighted by Crippen LogP contribution is 2.26. The summed E-state index contributed by atoms with van der Waals surface area (Å²) >= 11 is 0. The molecule has 0 aliphatic rings. The molecule has 17 heteroatoms. The molecule has 0 unspecified atom stereocenters. The van der Waals surface area contributed by atoms with E-state index in [0.29, 0.717) is 0 Å². The molecule has 122 valence electrons. The highest BCUT2D eigenvalue weighted by molar-refractivity contribution is 7.45. The van der Waals surface area contributed by atoms with Gasteiger partial charge in [-0.1, -0.05) is 7.43 Å². The molecule has 0 aromatic heterocycles. The number of rotatable bonds is 0. The Morgan fingerprint density at radius 2 is 0.684 bits per heavy atom. The summed E-state index contributed by atoms with van der Waals surface area (Å²) in [6, 6.07) is 0. The minimum atomic E-state index is -4.64. The predicted molar refractivity (Wildman–Crippen MR) is 62.5 cm³/mol. The molecule has 0 bridgehead atoms. The van der Waals surface area contributed by atoms with Gasteiger partial charge in [0, 0.05) is 0 Å². The van der Waals surface area contributed by atoms with E-state index in [1.165, 1.54) is 0 Å². The minimum Gasteiger partial charge on any atom is -0.390 e. The fourth-order valence-corrected chi connectivity index (χ4v) is 0. The van der Waals surface area contributed by atoms with Crippen molar-refractivity contribution in [2.24, 2.45) is 5.73 Å². The normalized spacial score (nSPS) is 9.95. The Labute approximate surface area is 107 Å². The van der Waals surface area contributed by atoms with Crippen LogP contribution in [0.4, 0.5) is 0 Å². The number of nitrogens with one attached hydrogen (secondary N) is 1. The quantitative estimate of drug-likeness (QED) is 0.121. The van der Waals surface area contributed by atoms with Crippen molar-refractivity contribution in [3.05, 3.63) is 0 Å². The van der Waals surface area contributed by atoms with Crippen molar-refractivity contribution in [1.82, 2.24) is 0 Å². The van der Waals surface area contributed by atoms with Crippen molar-refractivity contribution in [1.29, 1.82) is 5.41 Å². The lowest BCUT2D eigenvalue weighted by molar-refractivity contribution is 0.272. The van der Waals surface area contributed by atoms with Crippen LogP contribution in [-0.2, 0) is 13.7 Å². The van der Waals surface area contributed by atoms with E-state index in [0.717, 1.165) is 6.34 Å². The molecule has 19 heavy (non-hydrogen) atoms. The summed E-state index contributed by atoms with van der Waals surface area (Å²) in [6.45, 7) is 0. The van der Waals surface area contributed by atoms with Crippen LogP contribution in [0.3, 0.4) is 0 Å². The molecule has 0 spiro atoms. The lowest BCUT2D eigenvalue weighted by Crippen LogP contribution is -1.81. The van der Waals surface area contributed by atoms with Gasteiger partial charge in [-0.3, -0.25) is 5.41 Å². The van der Waals surface area contributed by atoms with Crippen LogP contribution < -0.4 is 5.73 Å². The molecule has 0 aromatic rings. The van der Waals surface area contributed by atoms with Gasteiger partial charge in [0.25, 0.3) is 0 Å². The van der Waals surface area contributed by atoms with Gasteiger partial charge in [0.1, 0.15) is 0 Å². The largest absolute Gasteiger partial charge is 0.466 e. The van der Waals surface area contributed by atoms with Gasteiger partial charge in [-0.25, -0.2) is 13.7 Å². The molecular weight excluding hydrogens is 337 g/mol. The number of phosphoric acid groups is 3. The first-order valence-electron chi connectivity index (χ1n) is 2.97. The summed E-state index contributed by atoms with van der Waals surface area (Å²) in [7, 11) is -13.9. The molecule has 0 atom stereocenters. The maximum absolute atomic E-state index is 8.88. The molecule has 0 radical (unpaired) electrons. The van der Waals surface area contributed by atoms with Gasteiger partial charge in [-0.2, -0.15) is 0 Å². The Morgan fingerprint density at radius 3 is 0.684 bits per heavy atom. The zero-order valence-corrected chi connectivity index (χ0v) is 10.9. The Kier molecular flexibility index (Phi) is 23.4. The number of hydrogen-bond donors (Lipinski definition) is 11. The molecule has 0 heterocycles. The van der Waals surface area contributed by atoms with Crippen molar-refractivity contribution in [2.75, 3.05) is 0 Å². The summed E-state index contributed by atoms with van der Waals surface area (Å²) in [5, 5.41) is 5.86. The van der Waals surface area contributed by atoms with E-state index in [4.69, 9.17) is 63.1 Å². The molecule has 0 fully saturated rings. The van der Waals surface area contributed by atoms with Gasteiger partial charge in [0.15, 0.2) is 0 Å². The van der Waals surface area contributed by atoms with Crippen LogP contribution in [0.2, 0.25) is 0 Å². The third-order valence-electron chi connectivity index (χ3n) is 0. The summed E-state index contributed by atoms with van der Waals surface area (Å²) in [4.78, 5) is 64.7. The highest BCUT2D eigenvalue weighted by Gasteiger charge is 2.01. The maximum atomic E-state index is 8.88. The zero-order valence-electron chi connectivity index (χ0n) is 8.25. The summed E-state index contributed by atoms with van der Waals surface area (Å²) in [5.74, 6) is 0. The molecule has 0 aliphatic carbocycles. The zero-order chi connectivity index (χ0) is 16.2. The van der Waals surface area contributed by atoms with Crippen LogP contribution in [0.15, 0.2) is 0 Å². The number of nitrogens with two attached hydrogens (primary N) is 1. The third-order valence-corrected chi connectivity index (χ3v) is 0. The lowest BCUT2D eigenvalue weighted by atomic mass is 11.4. The maximum Gasteiger partial charge on any atom is 0.466 e. The van der Waals surface area contributed by atoms with Crippen molar-refractivity contribution in [2.45, 2.75) is 7.43 Å². The summed E-state index contributed by atoms with van der Waals surface area (Å²) in [5.41, 5.74) is 4.39. The fourth-order valence-electron chi connectivity index (χ4n) is 0. The third kappa shape index (κ3) is 111000. The van der Waals surface area contributed by atoms with Gasteiger partial charge in [-0.05, 0) is 0 Å². The van der Waals surface area contributed by atoms with Crippen molar-refractivity contribution in [3.63, 3.8) is 0 Å². The van der Waals surface area contributed by atoms with Crippen molar-refractivity contribution >= 4 is 29.8 Å². The molecular formula is C2H17N2O12P3. The Hall–Kier alpha value is -0.200. The monoisotopic (exact) mass is 354 g/mol. The lowest BCUT2D eigenvalue weighted by Gasteiger charge is -1.82. The fraction of sp³-hybridized carbons (Fsp3) is 0.500. The van der Waals surface area contributed by atoms with E-state index in [9.17, 15) is 0 Å². The second-order valence-electron chi connectivity index (χ2n) is 1.71. The van der Waals surface area contributed by atoms with E-state index < -0.39 is 23.5 Å². The first-order valence-corrected chi connectivity index (χ1v) is 7.67. The Balaban J connectivity index is -0.0000000458. The van der Waals surface area contributed by atoms with Gasteiger partial charge in [0.05, 0.1) is 6.34 Å². The molecule has 14 nitrogen and oxygen atoms in total. The molecule has 0 saturated carbocycles. The van der Waals surface area contributed by atoms with Crippen LogP contribution >= 0.6 is 23.5 Å². The molecule has 12 N–H and O–H groups in total. The van der Waals surface area contributed by atoms with Gasteiger partial charge >= 0.3 is 23.5 Å². The van der Waals surface area contributed by atoms with Crippen LogP contribution in [0.25, 0.3) is 0 Å². The first-order chi connectivity index (χ1) is 7.41. The van der Waals surface area contributed by atoms with E-state index in [1.807, 2.05) is 0 Å². The van der Waals surface area contributed by atoms with Crippen LogP contribution in [0, 0.1) is 5.41 Å². The van der Waals surface area contributed by atoms with Crippen molar-refractivity contribution in [3.8, 4) is 0 Å². The highest BCUT2D eigenvalue weighted by atomic mass is 31.2. The predicted octanol–water partition coefficient (Wildman–Crippen LogP) is -2.60. The Morgan fingerprint density at radius 1 is 0.684 bits per heavy atom. The topological polar surface area (TPSA) is 283 Å². The second kappa shape index (κ2) is 14.2. The molecule has 0 aliphatic heterocycles.